The number of sulfonamides is 1. The number of amides is 2. The fourth-order valence-electron chi connectivity index (χ4n) is 4.93. The van der Waals surface area contributed by atoms with Gasteiger partial charge in [0.05, 0.1) is 11.5 Å². The Labute approximate surface area is 236 Å². The van der Waals surface area contributed by atoms with E-state index in [1.165, 1.54) is 4.31 Å². The summed E-state index contributed by atoms with van der Waals surface area (Å²) < 4.78 is 27.2. The first-order valence-corrected chi connectivity index (χ1v) is 15.2. The van der Waals surface area contributed by atoms with Crippen LogP contribution in [0.1, 0.15) is 36.0 Å². The van der Waals surface area contributed by atoms with E-state index in [9.17, 15) is 23.1 Å². The summed E-state index contributed by atoms with van der Waals surface area (Å²) in [5, 5.41) is 12.0. The van der Waals surface area contributed by atoms with Gasteiger partial charge in [-0.3, -0.25) is 9.59 Å². The Hall–Kier alpha value is -3.53. The number of hydrogen-bond acceptors (Lipinski definition) is 5. The molecule has 0 bridgehead atoms. The van der Waals surface area contributed by atoms with Gasteiger partial charge in [0.2, 0.25) is 21.8 Å². The molecule has 1 fully saturated rings. The molecule has 2 N–H and O–H groups in total. The molecule has 0 saturated carbocycles. The van der Waals surface area contributed by atoms with E-state index in [1.807, 2.05) is 60.7 Å². The number of benzene rings is 3. The summed E-state index contributed by atoms with van der Waals surface area (Å²) in [7, 11) is -3.50. The van der Waals surface area contributed by atoms with Crippen LogP contribution in [0.25, 0.3) is 0 Å². The number of rotatable bonds is 13. The van der Waals surface area contributed by atoms with Gasteiger partial charge in [0, 0.05) is 39.0 Å². The average molecular weight is 564 g/mol. The molecule has 0 aromatic heterocycles. The number of aliphatic hydroxyl groups excluding tert-OH is 1. The van der Waals surface area contributed by atoms with Crippen LogP contribution in [0.3, 0.4) is 0 Å². The first-order chi connectivity index (χ1) is 19.4. The van der Waals surface area contributed by atoms with Gasteiger partial charge in [-0.1, -0.05) is 72.8 Å². The highest BCUT2D eigenvalue weighted by Crippen LogP contribution is 2.22. The van der Waals surface area contributed by atoms with Crippen LogP contribution in [0.2, 0.25) is 0 Å². The molecular formula is C31H37N3O5S. The van der Waals surface area contributed by atoms with Crippen LogP contribution >= 0.6 is 0 Å². The molecule has 1 aliphatic rings. The quantitative estimate of drug-likeness (QED) is 0.332. The number of aryl methyl sites for hydroxylation is 1. The zero-order valence-corrected chi connectivity index (χ0v) is 23.4. The summed E-state index contributed by atoms with van der Waals surface area (Å²) >= 11 is 0. The van der Waals surface area contributed by atoms with Crippen LogP contribution in [0.15, 0.2) is 89.8 Å². The Bertz CT molecular complexity index is 1340. The molecule has 0 spiro atoms. The average Bonchev–Trinajstić information content (AvgIpc) is 3.54. The molecule has 0 radical (unpaired) electrons. The first-order valence-electron chi connectivity index (χ1n) is 13.7. The largest absolute Gasteiger partial charge is 0.395 e. The van der Waals surface area contributed by atoms with Crippen molar-refractivity contribution in [2.75, 3.05) is 26.2 Å². The first kappa shape index (κ1) is 29.5. The minimum absolute atomic E-state index is 0.101. The van der Waals surface area contributed by atoms with Crippen molar-refractivity contribution in [2.24, 2.45) is 0 Å². The maximum Gasteiger partial charge on any atom is 0.243 e. The van der Waals surface area contributed by atoms with Crippen molar-refractivity contribution in [1.29, 1.82) is 0 Å². The number of hydrogen-bond donors (Lipinski definition) is 2. The Kier molecular flexibility index (Phi) is 10.5. The summed E-state index contributed by atoms with van der Waals surface area (Å²) in [5.74, 6) is -0.503. The van der Waals surface area contributed by atoms with Gasteiger partial charge in [-0.25, -0.2) is 8.42 Å². The minimum Gasteiger partial charge on any atom is -0.395 e. The van der Waals surface area contributed by atoms with Gasteiger partial charge < -0.3 is 15.3 Å². The number of aliphatic hydroxyl groups is 1. The van der Waals surface area contributed by atoms with Gasteiger partial charge in [-0.2, -0.15) is 4.31 Å². The lowest BCUT2D eigenvalue weighted by atomic mass is 10.0. The smallest absolute Gasteiger partial charge is 0.243 e. The van der Waals surface area contributed by atoms with Crippen molar-refractivity contribution in [2.45, 2.75) is 49.6 Å². The van der Waals surface area contributed by atoms with E-state index in [4.69, 9.17) is 0 Å². The molecule has 8 nitrogen and oxygen atoms in total. The summed E-state index contributed by atoms with van der Waals surface area (Å²) in [6.45, 7) is 1.26. The fourth-order valence-corrected chi connectivity index (χ4v) is 6.45. The minimum atomic E-state index is -3.50. The predicted octanol–water partition coefficient (Wildman–Crippen LogP) is 3.15. The van der Waals surface area contributed by atoms with Crippen molar-refractivity contribution >= 4 is 21.8 Å². The Morgan fingerprint density at radius 1 is 0.850 bits per heavy atom. The van der Waals surface area contributed by atoms with Crippen LogP contribution in [0.4, 0.5) is 0 Å². The molecule has 1 saturated heterocycles. The molecule has 4 rings (SSSR count). The van der Waals surface area contributed by atoms with E-state index >= 15 is 0 Å². The SMILES string of the molecule is O=C(NCCO)[C@H](Cc1ccccc1)N(Cc1ccccc1)C(=O)CCc1ccc(S(=O)(=O)N2CCCC2)cc1. The summed E-state index contributed by atoms with van der Waals surface area (Å²) in [5.41, 5.74) is 2.67. The molecule has 2 amide bonds. The normalized spacial score (nSPS) is 14.5. The predicted molar refractivity (Wildman–Crippen MR) is 154 cm³/mol. The van der Waals surface area contributed by atoms with Crippen molar-refractivity contribution in [3.8, 4) is 0 Å². The standard InChI is InChI=1S/C31H37N3O5S/c35-22-19-32-31(37)29(23-26-9-3-1-4-10-26)34(24-27-11-5-2-6-12-27)30(36)18-15-25-13-16-28(17-14-25)40(38,39)33-20-7-8-21-33/h1-6,9-14,16-17,29,35H,7-8,15,18-24H2,(H,32,37)/t29-/m0/s1. The lowest BCUT2D eigenvalue weighted by molar-refractivity contribution is -0.141. The lowest BCUT2D eigenvalue weighted by Gasteiger charge is -2.31. The van der Waals surface area contributed by atoms with Crippen LogP contribution < -0.4 is 5.32 Å². The molecule has 1 atom stereocenters. The van der Waals surface area contributed by atoms with Crippen molar-refractivity contribution in [3.05, 3.63) is 102 Å². The third-order valence-corrected chi connectivity index (χ3v) is 9.04. The van der Waals surface area contributed by atoms with Gasteiger partial charge in [-0.05, 0) is 48.1 Å². The second-order valence-corrected chi connectivity index (χ2v) is 11.9. The second-order valence-electron chi connectivity index (χ2n) is 9.98. The Balaban J connectivity index is 1.52. The Morgan fingerprint density at radius 2 is 1.45 bits per heavy atom. The highest BCUT2D eigenvalue weighted by molar-refractivity contribution is 7.89. The van der Waals surface area contributed by atoms with Crippen molar-refractivity contribution in [1.82, 2.24) is 14.5 Å². The molecule has 1 aliphatic heterocycles. The molecular weight excluding hydrogens is 526 g/mol. The second kappa shape index (κ2) is 14.2. The third-order valence-electron chi connectivity index (χ3n) is 7.13. The van der Waals surface area contributed by atoms with Gasteiger partial charge in [0.15, 0.2) is 0 Å². The zero-order valence-electron chi connectivity index (χ0n) is 22.6. The summed E-state index contributed by atoms with van der Waals surface area (Å²) in [4.78, 5) is 28.9. The number of nitrogens with zero attached hydrogens (tertiary/aromatic N) is 2. The highest BCUT2D eigenvalue weighted by atomic mass is 32.2. The Morgan fingerprint density at radius 3 is 2.05 bits per heavy atom. The maximum atomic E-state index is 13.7. The molecule has 0 aliphatic carbocycles. The van der Waals surface area contributed by atoms with Crippen LogP contribution in [-0.2, 0) is 39.0 Å². The molecule has 9 heteroatoms. The van der Waals surface area contributed by atoms with E-state index in [2.05, 4.69) is 5.32 Å². The lowest BCUT2D eigenvalue weighted by Crippen LogP contribution is -2.51. The molecule has 3 aromatic rings. The fraction of sp³-hybridized carbons (Fsp3) is 0.355. The summed E-state index contributed by atoms with van der Waals surface area (Å²) in [6, 6.07) is 25.0. The van der Waals surface area contributed by atoms with E-state index < -0.39 is 16.1 Å². The highest BCUT2D eigenvalue weighted by Gasteiger charge is 2.30. The van der Waals surface area contributed by atoms with E-state index in [1.54, 1.807) is 29.2 Å². The van der Waals surface area contributed by atoms with Gasteiger partial charge in [0.25, 0.3) is 0 Å². The van der Waals surface area contributed by atoms with Crippen molar-refractivity contribution < 1.29 is 23.1 Å². The summed E-state index contributed by atoms with van der Waals surface area (Å²) in [6.07, 6.45) is 2.65. The number of carbonyl (C=O) groups is 2. The molecule has 1 heterocycles. The molecule has 212 valence electrons. The monoisotopic (exact) mass is 563 g/mol. The molecule has 3 aromatic carbocycles. The van der Waals surface area contributed by atoms with Crippen molar-refractivity contribution in [3.63, 3.8) is 0 Å². The van der Waals surface area contributed by atoms with Crippen LogP contribution in [0.5, 0.6) is 0 Å². The third kappa shape index (κ3) is 7.78. The maximum absolute atomic E-state index is 13.7. The molecule has 0 unspecified atom stereocenters. The zero-order chi connectivity index (χ0) is 28.4. The van der Waals surface area contributed by atoms with E-state index in [-0.39, 0.29) is 42.8 Å². The van der Waals surface area contributed by atoms with Gasteiger partial charge >= 0.3 is 0 Å². The van der Waals surface area contributed by atoms with E-state index in [0.717, 1.165) is 29.5 Å². The molecule has 40 heavy (non-hydrogen) atoms. The number of carbonyl (C=O) groups excluding carboxylic acids is 2. The van der Waals surface area contributed by atoms with E-state index in [0.29, 0.717) is 25.9 Å². The van der Waals surface area contributed by atoms with Crippen LogP contribution in [0, 0.1) is 0 Å². The topological polar surface area (TPSA) is 107 Å². The van der Waals surface area contributed by atoms with Crippen LogP contribution in [-0.4, -0.2) is 66.8 Å². The van der Waals surface area contributed by atoms with Gasteiger partial charge in [-0.15, -0.1) is 0 Å². The van der Waals surface area contributed by atoms with Gasteiger partial charge in [0.1, 0.15) is 6.04 Å². The number of nitrogens with one attached hydrogen (secondary N) is 1.